The van der Waals surface area contributed by atoms with Crippen LogP contribution in [-0.4, -0.2) is 32.7 Å². The summed E-state index contributed by atoms with van der Waals surface area (Å²) in [5, 5.41) is 0. The lowest BCUT2D eigenvalue weighted by atomic mass is 9.97. The van der Waals surface area contributed by atoms with Gasteiger partial charge in [0.05, 0.1) is 12.7 Å². The van der Waals surface area contributed by atoms with Crippen LogP contribution >= 0.6 is 0 Å². The molecule has 0 aromatic heterocycles. The predicted molar refractivity (Wildman–Crippen MR) is 39.2 cm³/mol. The molecule has 3 heteroatoms. The van der Waals surface area contributed by atoms with Crippen LogP contribution in [0.2, 0.25) is 0 Å². The van der Waals surface area contributed by atoms with E-state index in [1.54, 1.807) is 7.11 Å². The predicted octanol–water partition coefficient (Wildman–Crippen LogP) is 0.784. The first-order valence-electron chi connectivity index (χ1n) is 4.18. The van der Waals surface area contributed by atoms with Crippen LogP contribution in [0.25, 0.3) is 0 Å². The molecular formula is C8H14O3. The summed E-state index contributed by atoms with van der Waals surface area (Å²) in [6.45, 7) is 1.55. The van der Waals surface area contributed by atoms with Crippen LogP contribution < -0.4 is 0 Å². The molecule has 0 saturated carbocycles. The lowest BCUT2D eigenvalue weighted by Crippen LogP contribution is -2.31. The Kier molecular flexibility index (Phi) is 2.11. The molecule has 0 spiro atoms. The van der Waals surface area contributed by atoms with Crippen molar-refractivity contribution < 1.29 is 14.2 Å². The zero-order chi connectivity index (χ0) is 7.68. The largest absolute Gasteiger partial charge is 0.379 e. The fourth-order valence-corrected chi connectivity index (χ4v) is 1.87. The summed E-state index contributed by atoms with van der Waals surface area (Å²) in [5.41, 5.74) is 0. The maximum absolute atomic E-state index is 5.43. The van der Waals surface area contributed by atoms with E-state index in [0.717, 1.165) is 13.0 Å². The molecule has 2 saturated heterocycles. The summed E-state index contributed by atoms with van der Waals surface area (Å²) in [7, 11) is 1.74. The van der Waals surface area contributed by atoms with Gasteiger partial charge in [-0.2, -0.15) is 0 Å². The number of ether oxygens (including phenoxy) is 3. The lowest BCUT2D eigenvalue weighted by molar-refractivity contribution is -0.152. The number of rotatable bonds is 1. The maximum atomic E-state index is 5.43. The van der Waals surface area contributed by atoms with E-state index in [2.05, 4.69) is 0 Å². The van der Waals surface area contributed by atoms with Crippen molar-refractivity contribution in [1.29, 1.82) is 0 Å². The molecule has 0 bridgehead atoms. The first-order chi connectivity index (χ1) is 5.42. The van der Waals surface area contributed by atoms with Gasteiger partial charge in [-0.25, -0.2) is 0 Å². The SMILES string of the molecule is COC1CO[C@@H]2OCCC[C@H]12. The van der Waals surface area contributed by atoms with E-state index in [-0.39, 0.29) is 12.4 Å². The van der Waals surface area contributed by atoms with Gasteiger partial charge in [-0.15, -0.1) is 0 Å². The second-order valence-corrected chi connectivity index (χ2v) is 3.15. The minimum atomic E-state index is 0.0219. The molecule has 2 heterocycles. The second kappa shape index (κ2) is 3.09. The van der Waals surface area contributed by atoms with Crippen LogP contribution in [0.1, 0.15) is 12.8 Å². The van der Waals surface area contributed by atoms with Crippen molar-refractivity contribution in [2.24, 2.45) is 5.92 Å². The molecule has 0 amide bonds. The van der Waals surface area contributed by atoms with Crippen molar-refractivity contribution in [3.63, 3.8) is 0 Å². The highest BCUT2D eigenvalue weighted by Crippen LogP contribution is 2.31. The third-order valence-electron chi connectivity index (χ3n) is 2.52. The van der Waals surface area contributed by atoms with Crippen LogP contribution in [0.3, 0.4) is 0 Å². The van der Waals surface area contributed by atoms with Crippen molar-refractivity contribution in [1.82, 2.24) is 0 Å². The van der Waals surface area contributed by atoms with Gasteiger partial charge in [0.25, 0.3) is 0 Å². The van der Waals surface area contributed by atoms with Crippen LogP contribution in [0.15, 0.2) is 0 Å². The van der Waals surface area contributed by atoms with E-state index in [1.807, 2.05) is 0 Å². The Morgan fingerprint density at radius 1 is 1.36 bits per heavy atom. The smallest absolute Gasteiger partial charge is 0.163 e. The van der Waals surface area contributed by atoms with Gasteiger partial charge in [0.2, 0.25) is 0 Å². The molecule has 2 rings (SSSR count). The molecule has 3 atom stereocenters. The van der Waals surface area contributed by atoms with Crippen molar-refractivity contribution in [3.8, 4) is 0 Å². The Hall–Kier alpha value is -0.120. The zero-order valence-electron chi connectivity index (χ0n) is 6.79. The normalized spacial score (nSPS) is 43.9. The first-order valence-corrected chi connectivity index (χ1v) is 4.18. The van der Waals surface area contributed by atoms with E-state index >= 15 is 0 Å². The highest BCUT2D eigenvalue weighted by molar-refractivity contribution is 4.81. The molecule has 2 fully saturated rings. The van der Waals surface area contributed by atoms with E-state index in [4.69, 9.17) is 14.2 Å². The molecule has 11 heavy (non-hydrogen) atoms. The van der Waals surface area contributed by atoms with Gasteiger partial charge in [0.15, 0.2) is 6.29 Å². The first kappa shape index (κ1) is 7.53. The fraction of sp³-hybridized carbons (Fsp3) is 1.00. The monoisotopic (exact) mass is 158 g/mol. The van der Waals surface area contributed by atoms with Gasteiger partial charge in [-0.3, -0.25) is 0 Å². The average molecular weight is 158 g/mol. The highest BCUT2D eigenvalue weighted by Gasteiger charge is 2.39. The standard InChI is InChI=1S/C8H14O3/c1-9-7-5-11-8-6(7)3-2-4-10-8/h6-8H,2-5H2,1H3/t6-,7?,8+/m1/s1. The van der Waals surface area contributed by atoms with Gasteiger partial charge in [-0.05, 0) is 12.8 Å². The summed E-state index contributed by atoms with van der Waals surface area (Å²) >= 11 is 0. The number of fused-ring (bicyclic) bond motifs is 1. The molecule has 0 aromatic carbocycles. The second-order valence-electron chi connectivity index (χ2n) is 3.15. The van der Waals surface area contributed by atoms with Crippen molar-refractivity contribution >= 4 is 0 Å². The molecule has 3 nitrogen and oxygen atoms in total. The lowest BCUT2D eigenvalue weighted by Gasteiger charge is -2.26. The van der Waals surface area contributed by atoms with E-state index < -0.39 is 0 Å². The third-order valence-corrected chi connectivity index (χ3v) is 2.52. The topological polar surface area (TPSA) is 27.7 Å². The molecule has 0 aromatic rings. The minimum Gasteiger partial charge on any atom is -0.379 e. The molecule has 0 aliphatic carbocycles. The fourth-order valence-electron chi connectivity index (χ4n) is 1.87. The van der Waals surface area contributed by atoms with Gasteiger partial charge in [0, 0.05) is 19.6 Å². The molecule has 0 radical (unpaired) electrons. The number of methoxy groups -OCH3 is 1. The van der Waals surface area contributed by atoms with Crippen LogP contribution in [0, 0.1) is 5.92 Å². The Bertz CT molecular complexity index is 131. The summed E-state index contributed by atoms with van der Waals surface area (Å²) in [6.07, 6.45) is 2.61. The summed E-state index contributed by atoms with van der Waals surface area (Å²) in [4.78, 5) is 0. The summed E-state index contributed by atoms with van der Waals surface area (Å²) in [5.74, 6) is 0.480. The molecule has 2 aliphatic rings. The van der Waals surface area contributed by atoms with Crippen molar-refractivity contribution in [3.05, 3.63) is 0 Å². The summed E-state index contributed by atoms with van der Waals surface area (Å²) < 4.78 is 16.1. The van der Waals surface area contributed by atoms with Crippen molar-refractivity contribution in [2.45, 2.75) is 25.2 Å². The van der Waals surface area contributed by atoms with Crippen LogP contribution in [0.5, 0.6) is 0 Å². The minimum absolute atomic E-state index is 0.0219. The van der Waals surface area contributed by atoms with Gasteiger partial charge < -0.3 is 14.2 Å². The van der Waals surface area contributed by atoms with E-state index in [9.17, 15) is 0 Å². The summed E-state index contributed by atoms with van der Waals surface area (Å²) in [6, 6.07) is 0. The number of hydrogen-bond donors (Lipinski definition) is 0. The molecule has 0 N–H and O–H groups in total. The average Bonchev–Trinajstić information content (AvgIpc) is 2.47. The maximum Gasteiger partial charge on any atom is 0.163 e. The van der Waals surface area contributed by atoms with Crippen molar-refractivity contribution in [2.75, 3.05) is 20.3 Å². The zero-order valence-corrected chi connectivity index (χ0v) is 6.79. The van der Waals surface area contributed by atoms with Gasteiger partial charge >= 0.3 is 0 Å². The van der Waals surface area contributed by atoms with E-state index in [0.29, 0.717) is 12.5 Å². The Labute approximate surface area is 66.6 Å². The van der Waals surface area contributed by atoms with Crippen LogP contribution in [0.4, 0.5) is 0 Å². The van der Waals surface area contributed by atoms with Gasteiger partial charge in [-0.1, -0.05) is 0 Å². The number of hydrogen-bond acceptors (Lipinski definition) is 3. The Morgan fingerprint density at radius 2 is 2.27 bits per heavy atom. The highest BCUT2D eigenvalue weighted by atomic mass is 16.7. The molecular weight excluding hydrogens is 144 g/mol. The quantitative estimate of drug-likeness (QED) is 0.564. The molecule has 2 aliphatic heterocycles. The molecule has 64 valence electrons. The molecule has 1 unspecified atom stereocenters. The van der Waals surface area contributed by atoms with Gasteiger partial charge in [0.1, 0.15) is 0 Å². The Balaban J connectivity index is 1.98. The van der Waals surface area contributed by atoms with Crippen LogP contribution in [-0.2, 0) is 14.2 Å². The van der Waals surface area contributed by atoms with E-state index in [1.165, 1.54) is 6.42 Å². The Morgan fingerprint density at radius 3 is 3.09 bits per heavy atom. The third kappa shape index (κ3) is 1.28.